The number of aldehydes is 1. The van der Waals surface area contributed by atoms with Gasteiger partial charge in [0.2, 0.25) is 0 Å². The second-order valence-electron chi connectivity index (χ2n) is 7.78. The molecule has 0 fully saturated rings. The molecule has 152 valence electrons. The summed E-state index contributed by atoms with van der Waals surface area (Å²) in [6.07, 6.45) is 9.23. The number of carbonyl (C=O) groups excluding carboxylic acids is 1. The normalized spacial score (nSPS) is 12.0. The van der Waals surface area contributed by atoms with Crippen LogP contribution in [-0.4, -0.2) is 12.9 Å². The molecule has 3 heteroatoms. The molecule has 0 N–H and O–H groups in total. The number of benzene rings is 2. The van der Waals surface area contributed by atoms with Crippen LogP contribution in [0.1, 0.15) is 72.5 Å². The van der Waals surface area contributed by atoms with Gasteiger partial charge in [0.15, 0.2) is 0 Å². The van der Waals surface area contributed by atoms with Gasteiger partial charge in [-0.2, -0.15) is 0 Å². The SMILES string of the molecule is CCCCCC(CCCOc1ccc(C=O)cc1Cl)Cc1ccc(C)c(C)c1. The molecule has 0 aliphatic heterocycles. The Morgan fingerprint density at radius 1 is 1.00 bits per heavy atom. The third-order valence-corrected chi connectivity index (χ3v) is 5.71. The highest BCUT2D eigenvalue weighted by molar-refractivity contribution is 6.32. The molecule has 0 aliphatic carbocycles. The molecule has 2 rings (SSSR count). The van der Waals surface area contributed by atoms with E-state index in [-0.39, 0.29) is 0 Å². The number of ether oxygens (including phenoxy) is 1. The van der Waals surface area contributed by atoms with Crippen LogP contribution >= 0.6 is 11.6 Å². The molecule has 0 saturated heterocycles. The van der Waals surface area contributed by atoms with Gasteiger partial charge in [-0.05, 0) is 73.9 Å². The molecule has 2 nitrogen and oxygen atoms in total. The summed E-state index contributed by atoms with van der Waals surface area (Å²) in [5, 5.41) is 0.499. The Bertz CT molecular complexity index is 754. The first-order chi connectivity index (χ1) is 13.5. The van der Waals surface area contributed by atoms with Crippen molar-refractivity contribution in [2.24, 2.45) is 5.92 Å². The molecule has 2 aromatic carbocycles. The van der Waals surface area contributed by atoms with Crippen molar-refractivity contribution >= 4 is 17.9 Å². The number of carbonyl (C=O) groups is 1. The molecular weight excluding hydrogens is 368 g/mol. The Morgan fingerprint density at radius 2 is 1.79 bits per heavy atom. The van der Waals surface area contributed by atoms with E-state index in [0.717, 1.165) is 25.5 Å². The average Bonchev–Trinajstić information content (AvgIpc) is 2.68. The third kappa shape index (κ3) is 7.31. The smallest absolute Gasteiger partial charge is 0.150 e. The fourth-order valence-corrected chi connectivity index (χ4v) is 3.80. The second-order valence-corrected chi connectivity index (χ2v) is 8.19. The maximum Gasteiger partial charge on any atom is 0.150 e. The van der Waals surface area contributed by atoms with E-state index in [9.17, 15) is 4.79 Å². The molecule has 0 aromatic heterocycles. The lowest BCUT2D eigenvalue weighted by atomic mass is 9.89. The van der Waals surface area contributed by atoms with E-state index in [1.54, 1.807) is 18.2 Å². The Morgan fingerprint density at radius 3 is 2.46 bits per heavy atom. The van der Waals surface area contributed by atoms with Gasteiger partial charge in [-0.15, -0.1) is 0 Å². The van der Waals surface area contributed by atoms with Crippen molar-refractivity contribution in [1.29, 1.82) is 0 Å². The fourth-order valence-electron chi connectivity index (χ4n) is 3.56. The average molecular weight is 401 g/mol. The maximum atomic E-state index is 10.8. The van der Waals surface area contributed by atoms with Crippen LogP contribution in [0.2, 0.25) is 5.02 Å². The van der Waals surface area contributed by atoms with Gasteiger partial charge in [-0.3, -0.25) is 4.79 Å². The molecule has 1 unspecified atom stereocenters. The lowest BCUT2D eigenvalue weighted by molar-refractivity contribution is 0.112. The molecule has 0 spiro atoms. The number of hydrogen-bond acceptors (Lipinski definition) is 2. The Labute approximate surface area is 175 Å². The van der Waals surface area contributed by atoms with Crippen LogP contribution in [0.15, 0.2) is 36.4 Å². The monoisotopic (exact) mass is 400 g/mol. The van der Waals surface area contributed by atoms with Crippen LogP contribution in [-0.2, 0) is 6.42 Å². The largest absolute Gasteiger partial charge is 0.492 e. The van der Waals surface area contributed by atoms with Crippen molar-refractivity contribution in [3.05, 3.63) is 63.7 Å². The van der Waals surface area contributed by atoms with Gasteiger partial charge in [-0.25, -0.2) is 0 Å². The summed E-state index contributed by atoms with van der Waals surface area (Å²) in [4.78, 5) is 10.8. The van der Waals surface area contributed by atoms with Gasteiger partial charge in [0, 0.05) is 5.56 Å². The second kappa shape index (κ2) is 11.9. The highest BCUT2D eigenvalue weighted by Crippen LogP contribution is 2.26. The zero-order chi connectivity index (χ0) is 20.4. The van der Waals surface area contributed by atoms with Crippen LogP contribution < -0.4 is 4.74 Å². The number of rotatable bonds is 12. The van der Waals surface area contributed by atoms with Gasteiger partial charge in [0.05, 0.1) is 11.6 Å². The molecule has 0 aliphatic rings. The van der Waals surface area contributed by atoms with Crippen LogP contribution in [0.5, 0.6) is 5.75 Å². The maximum absolute atomic E-state index is 10.8. The van der Waals surface area contributed by atoms with Crippen LogP contribution in [0, 0.1) is 19.8 Å². The van der Waals surface area contributed by atoms with Crippen molar-refractivity contribution in [3.63, 3.8) is 0 Å². The summed E-state index contributed by atoms with van der Waals surface area (Å²) >= 11 is 6.19. The van der Waals surface area contributed by atoms with Gasteiger partial charge in [-0.1, -0.05) is 62.4 Å². The number of halogens is 1. The summed E-state index contributed by atoms with van der Waals surface area (Å²) in [6.45, 7) is 7.27. The molecule has 28 heavy (non-hydrogen) atoms. The van der Waals surface area contributed by atoms with E-state index in [1.807, 2.05) is 0 Å². The summed E-state index contributed by atoms with van der Waals surface area (Å²) in [7, 11) is 0. The fraction of sp³-hybridized carbons (Fsp3) is 0.480. The van der Waals surface area contributed by atoms with Crippen LogP contribution in [0.4, 0.5) is 0 Å². The highest BCUT2D eigenvalue weighted by Gasteiger charge is 2.11. The number of hydrogen-bond donors (Lipinski definition) is 0. The molecule has 1 atom stereocenters. The van der Waals surface area contributed by atoms with Crippen molar-refractivity contribution in [1.82, 2.24) is 0 Å². The minimum atomic E-state index is 0.499. The zero-order valence-electron chi connectivity index (χ0n) is 17.5. The Balaban J connectivity index is 1.87. The van der Waals surface area contributed by atoms with Gasteiger partial charge < -0.3 is 4.74 Å². The van der Waals surface area contributed by atoms with E-state index < -0.39 is 0 Å². The molecule has 0 saturated carbocycles. The van der Waals surface area contributed by atoms with Crippen molar-refractivity contribution in [2.45, 2.75) is 65.7 Å². The standard InChI is InChI=1S/C25H33ClO2/c1-4-5-6-8-21(16-22-11-10-19(2)20(3)15-22)9-7-14-28-25-13-12-23(18-27)17-24(25)26/h10-13,15,17-18,21H,4-9,14,16H2,1-3H3. The minimum Gasteiger partial charge on any atom is -0.492 e. The molecular formula is C25H33ClO2. The van der Waals surface area contributed by atoms with E-state index in [0.29, 0.717) is 28.9 Å². The third-order valence-electron chi connectivity index (χ3n) is 5.42. The molecule has 0 heterocycles. The molecule has 0 amide bonds. The lowest BCUT2D eigenvalue weighted by Gasteiger charge is -2.18. The Kier molecular flexibility index (Phi) is 9.57. The van der Waals surface area contributed by atoms with Crippen LogP contribution in [0.3, 0.4) is 0 Å². The van der Waals surface area contributed by atoms with Crippen LogP contribution in [0.25, 0.3) is 0 Å². The highest BCUT2D eigenvalue weighted by atomic mass is 35.5. The van der Waals surface area contributed by atoms with Gasteiger partial charge >= 0.3 is 0 Å². The topological polar surface area (TPSA) is 26.3 Å². The number of unbranched alkanes of at least 4 members (excludes halogenated alkanes) is 2. The molecule has 0 bridgehead atoms. The van der Waals surface area contributed by atoms with Crippen molar-refractivity contribution in [3.8, 4) is 5.75 Å². The zero-order valence-corrected chi connectivity index (χ0v) is 18.2. The summed E-state index contributed by atoms with van der Waals surface area (Å²) in [5.41, 5.74) is 4.75. The molecule has 2 aromatic rings. The summed E-state index contributed by atoms with van der Waals surface area (Å²) in [5.74, 6) is 1.34. The van der Waals surface area contributed by atoms with E-state index in [2.05, 4.69) is 39.0 Å². The van der Waals surface area contributed by atoms with E-state index >= 15 is 0 Å². The quantitative estimate of drug-likeness (QED) is 0.274. The first-order valence-corrected chi connectivity index (χ1v) is 10.8. The van der Waals surface area contributed by atoms with E-state index in [1.165, 1.54) is 42.4 Å². The lowest BCUT2D eigenvalue weighted by Crippen LogP contribution is -2.08. The van der Waals surface area contributed by atoms with Gasteiger partial charge in [0.25, 0.3) is 0 Å². The first-order valence-electron chi connectivity index (χ1n) is 10.5. The Hall–Kier alpha value is -1.80. The number of aryl methyl sites for hydroxylation is 2. The van der Waals surface area contributed by atoms with Crippen molar-refractivity contribution < 1.29 is 9.53 Å². The summed E-state index contributed by atoms with van der Waals surface area (Å²) in [6, 6.07) is 12.0. The minimum absolute atomic E-state index is 0.499. The predicted octanol–water partition coefficient (Wildman–Crippen LogP) is 7.37. The van der Waals surface area contributed by atoms with E-state index in [4.69, 9.17) is 16.3 Å². The summed E-state index contributed by atoms with van der Waals surface area (Å²) < 4.78 is 5.85. The predicted molar refractivity (Wildman–Crippen MR) is 119 cm³/mol. The molecule has 0 radical (unpaired) electrons. The first kappa shape index (κ1) is 22.5. The van der Waals surface area contributed by atoms with Gasteiger partial charge in [0.1, 0.15) is 12.0 Å². The van der Waals surface area contributed by atoms with Crippen molar-refractivity contribution in [2.75, 3.05) is 6.61 Å².